The van der Waals surface area contributed by atoms with Crippen LogP contribution in [-0.4, -0.2) is 337 Å². The molecule has 0 amide bonds. The Balaban J connectivity index is 0.679. The number of ether oxygens (including phenoxy) is 22. The monoisotopic (exact) mass is 1690 g/mol. The number of methoxy groups -OCH3 is 5. The summed E-state index contributed by atoms with van der Waals surface area (Å²) >= 11 is 0. The van der Waals surface area contributed by atoms with Gasteiger partial charge in [-0.25, -0.2) is 9.59 Å². The number of carboxylic acids is 1. The third kappa shape index (κ3) is 17.6. The molecule has 666 valence electrons. The number of aliphatic hydroxyl groups excluding tert-OH is 4. The Kier molecular flexibility index (Phi) is 27.5. The number of hydrogen-bond acceptors (Lipinski definition) is 38. The van der Waals surface area contributed by atoms with Crippen LogP contribution in [0.4, 0.5) is 0 Å². The molecule has 39 heteroatoms. The fraction of sp³-hybridized carbons (Fsp3) is 0.762. The third-order valence-electron chi connectivity index (χ3n) is 25.2. The molecule has 8 saturated heterocycles. The molecule has 11 aliphatic rings. The molecule has 0 aromatic heterocycles. The number of hydroxylamine groups is 2. The standard InChI is InChI=1S/C80H113N2O37/c1-30-63(89)43(98-13)24-55(103-30)116-74-36(7)109-56(29-78(74,8)82(96)97)115-69-32(3)105-51(23-42(69)85)117-75-62(81(11)12)67(93)77-118-73-39(80(75,10)119-77)21-40(83)59-60(73)64(90)38-20-37-57(65(91)58(38)66(59)92)47(28-79(9,95)61(37)76(94)102-17)110-52-25-45(100-15)71(34(5)106-52)113-50-22-41(84)68(31(2)104-50)112-53-27-46(101-16)72(35(6)108-53)114-54-26-44(99-14)70(33(4)107-54)111-49(88)19-18-48(86)87/h18-21,30-36,41-47,50-56,61-63,67-72,74-75,77,83-85,89,91,93,95-96H,22-29H2,1-17H3,(H,86,87)/q-1. The molecule has 2 aromatic rings. The van der Waals surface area contributed by atoms with Gasteiger partial charge < -0.3 is 160 Å². The van der Waals surface area contributed by atoms with E-state index in [-0.39, 0.29) is 72.6 Å². The number of aromatic hydroxyl groups is 2. The van der Waals surface area contributed by atoms with E-state index in [9.17, 15) is 60.5 Å². The van der Waals surface area contributed by atoms with Gasteiger partial charge in [-0.3, -0.25) is 19.6 Å². The first kappa shape index (κ1) is 90.9. The normalized spacial score (nSPS) is 43.6. The van der Waals surface area contributed by atoms with E-state index in [4.69, 9.17) is 109 Å². The Morgan fingerprint density at radius 3 is 1.55 bits per heavy atom. The number of aliphatic hydroxyl groups is 5. The van der Waals surface area contributed by atoms with Gasteiger partial charge in [0.05, 0.1) is 120 Å². The number of ketones is 2. The van der Waals surface area contributed by atoms with Crippen molar-refractivity contribution in [2.45, 2.75) is 340 Å². The quantitative estimate of drug-likeness (QED) is 0.0353. The minimum absolute atomic E-state index is 0.0333. The highest BCUT2D eigenvalue weighted by Gasteiger charge is 2.63. The van der Waals surface area contributed by atoms with Crippen LogP contribution in [0.25, 0.3) is 0 Å². The number of carboxylic acid groups (broad SMARTS) is 1. The SMILES string of the molecule is COC(=O)C1c2cc3c(c(O)c2C(OC2CC(OC)C(OC4CC(O)C(OC5CC(OC)C(OC6CC(OC)C(OC(=O)C=CC(=O)O)C(C)O6)C(C)O5)C(C)O4)C(C)O2)CC1(C)O)C(=O)c1c(O)cc2c(c1C3=O)OC1OC2(C)C(OC2CC(O)C(OC3CC(C)(N([O-])O)C(OC4CC(OC)C(O)C(C)O4)C(C)O3)C(C)O2)C(N(C)C)C1O. The van der Waals surface area contributed by atoms with Crippen LogP contribution < -0.4 is 4.74 Å². The molecule has 39 nitrogen and oxygen atoms in total. The molecule has 0 radical (unpaired) electrons. The smallest absolute Gasteiger partial charge is 0.331 e. The predicted octanol–water partition coefficient (Wildman–Crippen LogP) is 2.50. The van der Waals surface area contributed by atoms with E-state index in [0.29, 0.717) is 6.08 Å². The summed E-state index contributed by atoms with van der Waals surface area (Å²) in [5, 5.41) is 117. The maximum atomic E-state index is 15.7. The molecular weight excluding hydrogens is 1580 g/mol. The first-order valence-electron chi connectivity index (χ1n) is 40.2. The molecule has 2 aromatic carbocycles. The minimum Gasteiger partial charge on any atom is -0.762 e. The van der Waals surface area contributed by atoms with Gasteiger partial charge in [-0.15, -0.1) is 0 Å². The number of rotatable bonds is 24. The summed E-state index contributed by atoms with van der Waals surface area (Å²) in [5.74, 6) is -8.78. The number of carbonyl (C=O) groups excluding carboxylic acids is 4. The van der Waals surface area contributed by atoms with E-state index in [1.54, 1.807) is 74.4 Å². The maximum Gasteiger partial charge on any atom is 0.331 e. The number of likely N-dealkylation sites (N-methyl/N-ethyl adjacent to an activating group) is 1. The Bertz CT molecular complexity index is 3990. The van der Waals surface area contributed by atoms with Crippen molar-refractivity contribution in [3.8, 4) is 17.2 Å². The Hall–Kier alpha value is -5.79. The summed E-state index contributed by atoms with van der Waals surface area (Å²) in [7, 11) is 10.2. The highest BCUT2D eigenvalue weighted by Crippen LogP contribution is 2.58. The molecule has 119 heavy (non-hydrogen) atoms. The zero-order chi connectivity index (χ0) is 86.4. The highest BCUT2D eigenvalue weighted by atomic mass is 16.8. The number of aliphatic carboxylic acids is 1. The van der Waals surface area contributed by atoms with Gasteiger partial charge in [0.25, 0.3) is 0 Å². The Morgan fingerprint density at radius 1 is 0.546 bits per heavy atom. The van der Waals surface area contributed by atoms with Crippen molar-refractivity contribution in [2.24, 2.45) is 0 Å². The number of nitrogens with zero attached hydrogens (tertiary/aromatic N) is 2. The zero-order valence-electron chi connectivity index (χ0n) is 69.4. The maximum absolute atomic E-state index is 15.7. The second-order valence-electron chi connectivity index (χ2n) is 33.6. The number of hydrogen-bond donors (Lipinski definition) is 9. The molecule has 9 heterocycles. The van der Waals surface area contributed by atoms with Gasteiger partial charge in [-0.2, -0.15) is 0 Å². The molecule has 8 fully saturated rings. The number of esters is 2. The summed E-state index contributed by atoms with van der Waals surface area (Å²) in [5.41, 5.74) is -8.13. The first-order valence-corrected chi connectivity index (χ1v) is 40.2. The summed E-state index contributed by atoms with van der Waals surface area (Å²) in [4.78, 5) is 70.2. The number of benzene rings is 2. The number of carbonyl (C=O) groups is 5. The lowest BCUT2D eigenvalue weighted by Crippen LogP contribution is -2.70. The molecular formula is C80H113N2O37-. The van der Waals surface area contributed by atoms with Crippen molar-refractivity contribution in [1.29, 1.82) is 0 Å². The summed E-state index contributed by atoms with van der Waals surface area (Å²) < 4.78 is 136. The number of phenols is 2. The van der Waals surface area contributed by atoms with Gasteiger partial charge in [0.15, 0.2) is 55.9 Å². The van der Waals surface area contributed by atoms with Crippen LogP contribution in [0, 0.1) is 5.21 Å². The van der Waals surface area contributed by atoms with Crippen LogP contribution in [0.3, 0.4) is 0 Å². The lowest BCUT2D eigenvalue weighted by Gasteiger charge is -2.56. The highest BCUT2D eigenvalue weighted by molar-refractivity contribution is 6.31. The average molecular weight is 1690 g/mol. The molecule has 0 saturated carbocycles. The van der Waals surface area contributed by atoms with E-state index in [2.05, 4.69) is 0 Å². The van der Waals surface area contributed by atoms with E-state index in [1.807, 2.05) is 0 Å². The van der Waals surface area contributed by atoms with Gasteiger partial charge in [-0.05, 0) is 101 Å². The Morgan fingerprint density at radius 2 is 1.02 bits per heavy atom. The molecule has 36 atom stereocenters. The lowest BCUT2D eigenvalue weighted by atomic mass is 9.68. The molecule has 9 N–H and O–H groups in total. The summed E-state index contributed by atoms with van der Waals surface area (Å²) in [6, 6.07) is 1.32. The fourth-order valence-electron chi connectivity index (χ4n) is 19.2. The van der Waals surface area contributed by atoms with E-state index >= 15 is 9.59 Å². The minimum atomic E-state index is -2.06. The second-order valence-corrected chi connectivity index (χ2v) is 33.6. The fourth-order valence-corrected chi connectivity index (χ4v) is 19.2. The van der Waals surface area contributed by atoms with E-state index < -0.39 is 289 Å². The van der Waals surface area contributed by atoms with Crippen molar-refractivity contribution < 1.29 is 174 Å². The predicted molar refractivity (Wildman–Crippen MR) is 398 cm³/mol. The number of phenolic OH excluding ortho intramolecular Hbond substituents is 2. The van der Waals surface area contributed by atoms with Crippen LogP contribution in [0.2, 0.25) is 0 Å². The van der Waals surface area contributed by atoms with Crippen molar-refractivity contribution >= 4 is 29.5 Å². The van der Waals surface area contributed by atoms with Gasteiger partial charge in [-0.1, -0.05) is 0 Å². The topological polar surface area (TPSA) is 500 Å². The van der Waals surface area contributed by atoms with E-state index in [1.165, 1.54) is 48.4 Å². The molecule has 13 rings (SSSR count). The average Bonchev–Trinajstić information content (AvgIpc) is 0.690. The number of fused-ring (bicyclic) bond motifs is 8. The molecule has 0 spiro atoms. The van der Waals surface area contributed by atoms with Crippen LogP contribution in [0.5, 0.6) is 17.2 Å². The van der Waals surface area contributed by atoms with Gasteiger partial charge in [0.2, 0.25) is 12.1 Å². The van der Waals surface area contributed by atoms with Crippen molar-refractivity contribution in [2.75, 3.05) is 49.6 Å². The van der Waals surface area contributed by atoms with Crippen LogP contribution in [0.15, 0.2) is 24.3 Å². The summed E-state index contributed by atoms with van der Waals surface area (Å²) in [6.45, 7) is 16.1. The van der Waals surface area contributed by atoms with Gasteiger partial charge in [0.1, 0.15) is 83.7 Å². The lowest BCUT2D eigenvalue weighted by molar-refractivity contribution is -0.367. The Labute approximate surface area is 686 Å². The van der Waals surface area contributed by atoms with Crippen LogP contribution in [-0.2, 0) is 119 Å². The molecule has 36 unspecified atom stereocenters. The van der Waals surface area contributed by atoms with Gasteiger partial charge in [0, 0.05) is 109 Å². The first-order chi connectivity index (χ1) is 56.2. The van der Waals surface area contributed by atoms with Crippen molar-refractivity contribution in [3.05, 3.63) is 68.4 Å². The molecule has 9 aliphatic heterocycles. The van der Waals surface area contributed by atoms with Crippen LogP contribution in [0.1, 0.15) is 181 Å². The molecule has 2 bridgehead atoms. The van der Waals surface area contributed by atoms with Gasteiger partial charge >= 0.3 is 17.9 Å². The molecule has 2 aliphatic carbocycles. The third-order valence-corrected chi connectivity index (χ3v) is 25.2. The summed E-state index contributed by atoms with van der Waals surface area (Å²) in [6.07, 6.45) is -30.0. The van der Waals surface area contributed by atoms with Crippen molar-refractivity contribution in [3.63, 3.8) is 0 Å². The van der Waals surface area contributed by atoms with Crippen molar-refractivity contribution in [1.82, 2.24) is 10.1 Å². The largest absolute Gasteiger partial charge is 0.762 e. The second kappa shape index (κ2) is 36.0. The zero-order valence-corrected chi connectivity index (χ0v) is 69.4. The van der Waals surface area contributed by atoms with Crippen LogP contribution >= 0.6 is 0 Å². The van der Waals surface area contributed by atoms with E-state index in [0.717, 1.165) is 19.3 Å².